The fourth-order valence-corrected chi connectivity index (χ4v) is 2.01. The average Bonchev–Trinajstić information content (AvgIpc) is 3.10. The zero-order chi connectivity index (χ0) is 16.2. The Balaban J connectivity index is 1.67. The third-order valence-electron chi connectivity index (χ3n) is 3.11. The number of para-hydroxylation sites is 1. The van der Waals surface area contributed by atoms with Gasteiger partial charge in [-0.1, -0.05) is 12.1 Å². The predicted octanol–water partition coefficient (Wildman–Crippen LogP) is 0.451. The summed E-state index contributed by atoms with van der Waals surface area (Å²) in [5, 5.41) is 0.419. The zero-order valence-corrected chi connectivity index (χ0v) is 11.9. The second-order valence-corrected chi connectivity index (χ2v) is 4.67. The van der Waals surface area contributed by atoms with Crippen molar-refractivity contribution in [3.8, 4) is 0 Å². The molecule has 0 bridgehead atoms. The lowest BCUT2D eigenvalue weighted by Crippen LogP contribution is -2.44. The topological polar surface area (TPSA) is 106 Å². The number of hydrogen-bond acceptors (Lipinski definition) is 5. The second kappa shape index (κ2) is 6.14. The van der Waals surface area contributed by atoms with Gasteiger partial charge in [-0.05, 0) is 24.3 Å². The van der Waals surface area contributed by atoms with Crippen LogP contribution >= 0.6 is 0 Å². The van der Waals surface area contributed by atoms with Gasteiger partial charge in [0.05, 0.1) is 23.5 Å². The molecule has 0 aliphatic rings. The van der Waals surface area contributed by atoms with Crippen LogP contribution in [0.25, 0.3) is 10.9 Å². The minimum absolute atomic E-state index is 0.0647. The molecule has 8 nitrogen and oxygen atoms in total. The Hall–Kier alpha value is -3.42. The molecular weight excluding hydrogens is 300 g/mol. The van der Waals surface area contributed by atoms with Gasteiger partial charge in [-0.15, -0.1) is 0 Å². The number of rotatable bonds is 3. The normalized spacial score (nSPS) is 10.4. The number of benzene rings is 1. The molecular formula is C15H12N4O4. The van der Waals surface area contributed by atoms with Crippen LogP contribution in [0, 0.1) is 0 Å². The van der Waals surface area contributed by atoms with E-state index in [2.05, 4.69) is 15.8 Å². The summed E-state index contributed by atoms with van der Waals surface area (Å²) in [5.74, 6) is -1.09. The van der Waals surface area contributed by atoms with Crippen LogP contribution in [0.2, 0.25) is 0 Å². The molecule has 3 rings (SSSR count). The van der Waals surface area contributed by atoms with Gasteiger partial charge in [-0.2, -0.15) is 0 Å². The molecule has 0 saturated carbocycles. The van der Waals surface area contributed by atoms with Gasteiger partial charge in [0.15, 0.2) is 5.76 Å². The van der Waals surface area contributed by atoms with Crippen molar-refractivity contribution in [2.24, 2.45) is 0 Å². The Kier molecular flexibility index (Phi) is 3.88. The third-order valence-corrected chi connectivity index (χ3v) is 3.11. The number of hydrazine groups is 1. The van der Waals surface area contributed by atoms with Gasteiger partial charge in [0.1, 0.15) is 6.54 Å². The molecule has 0 unspecified atom stereocenters. The van der Waals surface area contributed by atoms with Crippen molar-refractivity contribution < 1.29 is 14.0 Å². The predicted molar refractivity (Wildman–Crippen MR) is 80.3 cm³/mol. The summed E-state index contributed by atoms with van der Waals surface area (Å²) in [7, 11) is 0. The summed E-state index contributed by atoms with van der Waals surface area (Å²) >= 11 is 0. The van der Waals surface area contributed by atoms with Crippen molar-refractivity contribution in [3.63, 3.8) is 0 Å². The molecule has 2 N–H and O–H groups in total. The lowest BCUT2D eigenvalue weighted by atomic mass is 10.2. The lowest BCUT2D eigenvalue weighted by Gasteiger charge is -2.08. The standard InChI is InChI=1S/C15H12N4O4/c20-13(17-18-14(21)12-6-3-7-23-12)8-19-9-16-11-5-2-1-4-10(11)15(19)22/h1-7,9H,8H2,(H,17,20)(H,18,21). The fourth-order valence-electron chi connectivity index (χ4n) is 2.01. The molecule has 0 spiro atoms. The van der Waals surface area contributed by atoms with Crippen molar-refractivity contribution in [2.45, 2.75) is 6.54 Å². The number of nitrogens with one attached hydrogen (secondary N) is 2. The maximum absolute atomic E-state index is 12.2. The van der Waals surface area contributed by atoms with E-state index in [0.29, 0.717) is 10.9 Å². The molecule has 0 radical (unpaired) electrons. The number of hydrogen-bond donors (Lipinski definition) is 2. The summed E-state index contributed by atoms with van der Waals surface area (Å²) in [4.78, 5) is 39.8. The van der Waals surface area contributed by atoms with Crippen molar-refractivity contribution in [1.82, 2.24) is 20.4 Å². The first-order chi connectivity index (χ1) is 11.1. The minimum atomic E-state index is -0.590. The van der Waals surface area contributed by atoms with Crippen LogP contribution in [0.1, 0.15) is 10.6 Å². The monoisotopic (exact) mass is 312 g/mol. The Morgan fingerprint density at radius 2 is 1.96 bits per heavy atom. The summed E-state index contributed by atoms with van der Waals surface area (Å²) in [6.45, 7) is -0.269. The smallest absolute Gasteiger partial charge is 0.305 e. The van der Waals surface area contributed by atoms with Crippen LogP contribution in [0.5, 0.6) is 0 Å². The molecule has 116 valence electrons. The fraction of sp³-hybridized carbons (Fsp3) is 0.0667. The second-order valence-electron chi connectivity index (χ2n) is 4.67. The van der Waals surface area contributed by atoms with E-state index in [1.54, 1.807) is 30.3 Å². The van der Waals surface area contributed by atoms with E-state index in [-0.39, 0.29) is 17.9 Å². The first-order valence-corrected chi connectivity index (χ1v) is 6.72. The molecule has 2 amide bonds. The first kappa shape index (κ1) is 14.5. The minimum Gasteiger partial charge on any atom is -0.459 e. The molecule has 0 aliphatic carbocycles. The molecule has 8 heteroatoms. The van der Waals surface area contributed by atoms with Crippen LogP contribution in [0.15, 0.2) is 58.2 Å². The zero-order valence-electron chi connectivity index (χ0n) is 11.9. The van der Waals surface area contributed by atoms with Gasteiger partial charge in [0.25, 0.3) is 11.5 Å². The molecule has 3 aromatic rings. The third kappa shape index (κ3) is 3.10. The lowest BCUT2D eigenvalue weighted by molar-refractivity contribution is -0.122. The van der Waals surface area contributed by atoms with E-state index in [1.807, 2.05) is 0 Å². The molecule has 0 atom stereocenters. The SMILES string of the molecule is O=C(Cn1cnc2ccccc2c1=O)NNC(=O)c1ccco1. The van der Waals surface area contributed by atoms with E-state index in [1.165, 1.54) is 18.7 Å². The molecule has 23 heavy (non-hydrogen) atoms. The largest absolute Gasteiger partial charge is 0.459 e. The first-order valence-electron chi connectivity index (χ1n) is 6.72. The number of furan rings is 1. The maximum atomic E-state index is 12.2. The Morgan fingerprint density at radius 3 is 2.74 bits per heavy atom. The van der Waals surface area contributed by atoms with Crippen molar-refractivity contribution >= 4 is 22.7 Å². The highest BCUT2D eigenvalue weighted by atomic mass is 16.3. The summed E-state index contributed by atoms with van der Waals surface area (Å²) in [5.41, 5.74) is 4.63. The highest BCUT2D eigenvalue weighted by Gasteiger charge is 2.11. The van der Waals surface area contributed by atoms with Crippen LogP contribution < -0.4 is 16.4 Å². The molecule has 2 aromatic heterocycles. The van der Waals surface area contributed by atoms with Crippen molar-refractivity contribution in [3.05, 3.63) is 65.1 Å². The van der Waals surface area contributed by atoms with E-state index < -0.39 is 11.8 Å². The van der Waals surface area contributed by atoms with Gasteiger partial charge in [0, 0.05) is 0 Å². The summed E-state index contributed by atoms with van der Waals surface area (Å²) < 4.78 is 6.05. The number of carbonyl (C=O) groups is 2. The molecule has 0 fully saturated rings. The summed E-state index contributed by atoms with van der Waals surface area (Å²) in [6, 6.07) is 9.86. The van der Waals surface area contributed by atoms with Gasteiger partial charge < -0.3 is 4.42 Å². The number of aromatic nitrogens is 2. The Labute approximate surface area is 129 Å². The van der Waals surface area contributed by atoms with E-state index >= 15 is 0 Å². The maximum Gasteiger partial charge on any atom is 0.305 e. The Bertz CT molecular complexity index is 915. The number of nitrogens with zero attached hydrogens (tertiary/aromatic N) is 2. The van der Waals surface area contributed by atoms with Crippen LogP contribution in [-0.4, -0.2) is 21.4 Å². The van der Waals surface area contributed by atoms with Gasteiger partial charge >= 0.3 is 5.91 Å². The van der Waals surface area contributed by atoms with Crippen LogP contribution in [0.3, 0.4) is 0 Å². The van der Waals surface area contributed by atoms with Gasteiger partial charge in [0.2, 0.25) is 0 Å². The average molecular weight is 312 g/mol. The molecule has 2 heterocycles. The Morgan fingerprint density at radius 1 is 1.13 bits per heavy atom. The quantitative estimate of drug-likeness (QED) is 0.683. The number of amides is 2. The molecule has 0 aliphatic heterocycles. The van der Waals surface area contributed by atoms with Crippen molar-refractivity contribution in [1.29, 1.82) is 0 Å². The highest BCUT2D eigenvalue weighted by molar-refractivity contribution is 5.92. The van der Waals surface area contributed by atoms with Gasteiger partial charge in [-0.3, -0.25) is 29.8 Å². The van der Waals surface area contributed by atoms with E-state index in [4.69, 9.17) is 4.42 Å². The highest BCUT2D eigenvalue weighted by Crippen LogP contribution is 2.04. The van der Waals surface area contributed by atoms with Crippen LogP contribution in [0.4, 0.5) is 0 Å². The molecule has 1 aromatic carbocycles. The number of fused-ring (bicyclic) bond motifs is 1. The number of carbonyl (C=O) groups excluding carboxylic acids is 2. The molecule has 0 saturated heterocycles. The van der Waals surface area contributed by atoms with Crippen molar-refractivity contribution in [2.75, 3.05) is 0 Å². The van der Waals surface area contributed by atoms with E-state index in [9.17, 15) is 14.4 Å². The van der Waals surface area contributed by atoms with E-state index in [0.717, 1.165) is 4.57 Å². The summed E-state index contributed by atoms with van der Waals surface area (Å²) in [6.07, 6.45) is 2.63. The van der Waals surface area contributed by atoms with Crippen LogP contribution in [-0.2, 0) is 11.3 Å². The van der Waals surface area contributed by atoms with Gasteiger partial charge in [-0.25, -0.2) is 4.98 Å².